The minimum Gasteiger partial charge on any atom is -0.361 e. The van der Waals surface area contributed by atoms with Gasteiger partial charge in [0.2, 0.25) is 5.91 Å². The van der Waals surface area contributed by atoms with Crippen LogP contribution in [0.4, 0.5) is 5.82 Å². The smallest absolute Gasteiger partial charge is 0.226 e. The third-order valence-corrected chi connectivity index (χ3v) is 5.81. The van der Waals surface area contributed by atoms with Crippen LogP contribution in [0.5, 0.6) is 0 Å². The van der Waals surface area contributed by atoms with Gasteiger partial charge in [-0.2, -0.15) is 5.10 Å². The van der Waals surface area contributed by atoms with E-state index in [1.165, 1.54) is 10.9 Å². The quantitative estimate of drug-likeness (QED) is 0.505. The number of carbonyl (C=O) groups is 1. The fourth-order valence-corrected chi connectivity index (χ4v) is 4.12. The summed E-state index contributed by atoms with van der Waals surface area (Å²) in [6, 6.07) is 12.2. The molecule has 0 bridgehead atoms. The van der Waals surface area contributed by atoms with Crippen LogP contribution in [0.3, 0.4) is 0 Å². The molecule has 1 fully saturated rings. The van der Waals surface area contributed by atoms with E-state index in [1.54, 1.807) is 6.33 Å². The molecule has 31 heavy (non-hydrogen) atoms. The predicted molar refractivity (Wildman–Crippen MR) is 119 cm³/mol. The van der Waals surface area contributed by atoms with E-state index in [9.17, 15) is 4.79 Å². The molecule has 1 saturated heterocycles. The molecule has 0 spiro atoms. The number of amides is 1. The zero-order valence-electron chi connectivity index (χ0n) is 17.7. The van der Waals surface area contributed by atoms with Crippen LogP contribution in [0.15, 0.2) is 48.9 Å². The molecule has 0 aliphatic carbocycles. The fourth-order valence-electron chi connectivity index (χ4n) is 4.12. The third kappa shape index (κ3) is 3.76. The zero-order chi connectivity index (χ0) is 21.4. The van der Waals surface area contributed by atoms with Gasteiger partial charge in [0.25, 0.3) is 0 Å². The van der Waals surface area contributed by atoms with Gasteiger partial charge in [0, 0.05) is 48.5 Å². The first-order valence-corrected chi connectivity index (χ1v) is 10.5. The van der Waals surface area contributed by atoms with Gasteiger partial charge < -0.3 is 15.2 Å². The summed E-state index contributed by atoms with van der Waals surface area (Å²) in [6.07, 6.45) is 4.39. The maximum Gasteiger partial charge on any atom is 0.226 e. The first-order valence-electron chi connectivity index (χ1n) is 10.5. The van der Waals surface area contributed by atoms with Crippen molar-refractivity contribution >= 4 is 22.6 Å². The van der Waals surface area contributed by atoms with E-state index in [-0.39, 0.29) is 11.8 Å². The van der Waals surface area contributed by atoms with E-state index in [2.05, 4.69) is 42.4 Å². The number of para-hydroxylation sites is 1. The van der Waals surface area contributed by atoms with Crippen LogP contribution in [0, 0.1) is 19.8 Å². The second-order valence-corrected chi connectivity index (χ2v) is 8.08. The molecule has 4 heterocycles. The van der Waals surface area contributed by atoms with E-state index in [0.29, 0.717) is 19.6 Å². The van der Waals surface area contributed by atoms with Gasteiger partial charge >= 0.3 is 0 Å². The third-order valence-electron chi connectivity index (χ3n) is 5.81. The molecule has 3 aromatic heterocycles. The molecule has 4 aromatic rings. The summed E-state index contributed by atoms with van der Waals surface area (Å²) < 4.78 is 1.81. The van der Waals surface area contributed by atoms with E-state index >= 15 is 0 Å². The van der Waals surface area contributed by atoms with Crippen LogP contribution in [0.1, 0.15) is 17.0 Å². The summed E-state index contributed by atoms with van der Waals surface area (Å²) in [5.74, 6) is 1.64. The minimum atomic E-state index is -0.0185. The highest BCUT2D eigenvalue weighted by molar-refractivity contribution is 5.84. The highest BCUT2D eigenvalue weighted by Gasteiger charge is 2.33. The van der Waals surface area contributed by atoms with Crippen LogP contribution >= 0.6 is 0 Å². The number of hydrogen-bond donors (Lipinski definition) is 2. The SMILES string of the molecule is Cc1cc(C)n(-c2cc(N3CC(C(=O)NCCc4c[nH]c5ccccc45)C3)ncn2)n1. The van der Waals surface area contributed by atoms with Gasteiger partial charge in [-0.3, -0.25) is 4.79 Å². The lowest BCUT2D eigenvalue weighted by Crippen LogP contribution is -2.54. The van der Waals surface area contributed by atoms with Crippen LogP contribution in [0.2, 0.25) is 0 Å². The largest absolute Gasteiger partial charge is 0.361 e. The van der Waals surface area contributed by atoms with Crippen molar-refractivity contribution in [3.63, 3.8) is 0 Å². The van der Waals surface area contributed by atoms with Gasteiger partial charge in [-0.05, 0) is 38.0 Å². The van der Waals surface area contributed by atoms with Gasteiger partial charge in [-0.15, -0.1) is 0 Å². The molecular weight excluding hydrogens is 390 g/mol. The number of benzene rings is 1. The lowest BCUT2D eigenvalue weighted by molar-refractivity contribution is -0.125. The number of aromatic amines is 1. The summed E-state index contributed by atoms with van der Waals surface area (Å²) >= 11 is 0. The van der Waals surface area contributed by atoms with Crippen molar-refractivity contribution in [2.75, 3.05) is 24.5 Å². The van der Waals surface area contributed by atoms with E-state index in [0.717, 1.165) is 35.0 Å². The van der Waals surface area contributed by atoms with Crippen LogP contribution < -0.4 is 10.2 Å². The number of hydrogen-bond acceptors (Lipinski definition) is 5. The summed E-state index contributed by atoms with van der Waals surface area (Å²) in [4.78, 5) is 26.6. The second-order valence-electron chi connectivity index (χ2n) is 8.08. The highest BCUT2D eigenvalue weighted by Crippen LogP contribution is 2.24. The van der Waals surface area contributed by atoms with Crippen LogP contribution in [-0.4, -0.2) is 50.3 Å². The van der Waals surface area contributed by atoms with Gasteiger partial charge in [-0.1, -0.05) is 18.2 Å². The predicted octanol–water partition coefficient (Wildman–Crippen LogP) is 2.56. The Balaban J connectivity index is 1.15. The molecule has 5 rings (SSSR count). The number of carbonyl (C=O) groups excluding carboxylic acids is 1. The molecule has 1 aliphatic rings. The number of H-pyrrole nitrogens is 1. The van der Waals surface area contributed by atoms with Gasteiger partial charge in [0.05, 0.1) is 11.6 Å². The first-order chi connectivity index (χ1) is 15.1. The van der Waals surface area contributed by atoms with Crippen LogP contribution in [0.25, 0.3) is 16.7 Å². The summed E-state index contributed by atoms with van der Waals surface area (Å²) in [5, 5.41) is 8.78. The number of aryl methyl sites for hydroxylation is 2. The van der Waals surface area contributed by atoms with Crippen molar-refractivity contribution in [3.05, 3.63) is 65.9 Å². The lowest BCUT2D eigenvalue weighted by Gasteiger charge is -2.39. The van der Waals surface area contributed by atoms with Crippen molar-refractivity contribution < 1.29 is 4.79 Å². The number of aromatic nitrogens is 5. The summed E-state index contributed by atoms with van der Waals surface area (Å²) in [6.45, 7) is 5.91. The van der Waals surface area contributed by atoms with Crippen LogP contribution in [-0.2, 0) is 11.2 Å². The molecule has 0 saturated carbocycles. The molecular formula is C23H25N7O. The lowest BCUT2D eigenvalue weighted by atomic mass is 9.99. The molecule has 1 amide bonds. The normalized spacial score (nSPS) is 14.1. The van der Waals surface area contributed by atoms with E-state index in [1.807, 2.05) is 49.0 Å². The average molecular weight is 416 g/mol. The number of nitrogens with one attached hydrogen (secondary N) is 2. The van der Waals surface area contributed by atoms with Crippen molar-refractivity contribution in [1.29, 1.82) is 0 Å². The first kappa shape index (κ1) is 19.3. The van der Waals surface area contributed by atoms with Gasteiger partial charge in [0.1, 0.15) is 12.1 Å². The highest BCUT2D eigenvalue weighted by atomic mass is 16.2. The summed E-state index contributed by atoms with van der Waals surface area (Å²) in [7, 11) is 0. The number of nitrogens with zero attached hydrogens (tertiary/aromatic N) is 5. The Morgan fingerprint density at radius 2 is 1.97 bits per heavy atom. The molecule has 2 N–H and O–H groups in total. The Hall–Kier alpha value is -3.68. The maximum atomic E-state index is 12.5. The second kappa shape index (κ2) is 7.86. The van der Waals surface area contributed by atoms with E-state index < -0.39 is 0 Å². The number of anilines is 1. The number of fused-ring (bicyclic) bond motifs is 1. The zero-order valence-corrected chi connectivity index (χ0v) is 17.7. The van der Waals surface area contributed by atoms with Gasteiger partial charge in [-0.25, -0.2) is 14.6 Å². The molecule has 8 heteroatoms. The topological polar surface area (TPSA) is 91.7 Å². The molecule has 158 valence electrons. The number of rotatable bonds is 6. The van der Waals surface area contributed by atoms with E-state index in [4.69, 9.17) is 0 Å². The molecule has 1 aliphatic heterocycles. The Kier molecular flexibility index (Phi) is 4.89. The summed E-state index contributed by atoms with van der Waals surface area (Å²) in [5.41, 5.74) is 4.33. The monoisotopic (exact) mass is 415 g/mol. The Morgan fingerprint density at radius 1 is 1.16 bits per heavy atom. The Labute approximate surface area is 180 Å². The van der Waals surface area contributed by atoms with Crippen molar-refractivity contribution in [1.82, 2.24) is 30.0 Å². The standard InChI is InChI=1S/C23H25N7O/c1-15-9-16(2)30(28-15)22-10-21(26-14-27-22)29-12-18(13-29)23(31)24-8-7-17-11-25-20-6-4-3-5-19(17)20/h3-6,9-11,14,18,25H,7-8,12-13H2,1-2H3,(H,24,31). The van der Waals surface area contributed by atoms with Crippen molar-refractivity contribution in [3.8, 4) is 5.82 Å². The molecule has 8 nitrogen and oxygen atoms in total. The Bertz CT molecular complexity index is 1240. The molecule has 0 unspecified atom stereocenters. The molecule has 1 aromatic carbocycles. The Morgan fingerprint density at radius 3 is 2.77 bits per heavy atom. The average Bonchev–Trinajstić information content (AvgIpc) is 3.30. The molecule has 0 radical (unpaired) electrons. The maximum absolute atomic E-state index is 12.5. The van der Waals surface area contributed by atoms with Crippen molar-refractivity contribution in [2.24, 2.45) is 5.92 Å². The molecule has 0 atom stereocenters. The fraction of sp³-hybridized carbons (Fsp3) is 0.304. The minimum absolute atomic E-state index is 0.0185. The van der Waals surface area contributed by atoms with Gasteiger partial charge in [0.15, 0.2) is 5.82 Å². The van der Waals surface area contributed by atoms with Crippen molar-refractivity contribution in [2.45, 2.75) is 20.3 Å².